The summed E-state index contributed by atoms with van der Waals surface area (Å²) in [5.74, 6) is -0.209. The van der Waals surface area contributed by atoms with Crippen molar-refractivity contribution in [1.82, 2.24) is 4.98 Å². The standard InChI is InChI=1S/C14H13NO2S/c1-10-5-2-3-6-11(10)9-18-13-12(14(16)17)7-4-8-15-13/h2-8H,9H2,1H3,(H,16,17). The number of nitrogens with zero attached hydrogens (tertiary/aromatic N) is 1. The van der Waals surface area contributed by atoms with Crippen LogP contribution in [-0.2, 0) is 5.75 Å². The van der Waals surface area contributed by atoms with Gasteiger partial charge in [0.2, 0.25) is 0 Å². The van der Waals surface area contributed by atoms with Gasteiger partial charge in [0, 0.05) is 11.9 Å². The van der Waals surface area contributed by atoms with E-state index in [1.54, 1.807) is 18.3 Å². The largest absolute Gasteiger partial charge is 0.478 e. The van der Waals surface area contributed by atoms with Crippen LogP contribution >= 0.6 is 11.8 Å². The fourth-order valence-electron chi connectivity index (χ4n) is 1.59. The third-order valence-electron chi connectivity index (χ3n) is 2.63. The molecule has 1 aromatic carbocycles. The molecule has 0 radical (unpaired) electrons. The average Bonchev–Trinajstić information content (AvgIpc) is 2.38. The van der Waals surface area contributed by atoms with E-state index in [0.29, 0.717) is 5.03 Å². The normalized spacial score (nSPS) is 10.3. The number of aryl methyl sites for hydroxylation is 1. The van der Waals surface area contributed by atoms with Crippen LogP contribution in [0.15, 0.2) is 47.6 Å². The first-order valence-corrected chi connectivity index (χ1v) is 6.52. The highest BCUT2D eigenvalue weighted by atomic mass is 32.2. The molecule has 0 aliphatic carbocycles. The molecule has 3 nitrogen and oxygen atoms in total. The van der Waals surface area contributed by atoms with Gasteiger partial charge in [-0.25, -0.2) is 9.78 Å². The van der Waals surface area contributed by atoms with E-state index in [0.717, 1.165) is 5.75 Å². The third-order valence-corrected chi connectivity index (χ3v) is 3.68. The van der Waals surface area contributed by atoms with Crippen LogP contribution in [0.4, 0.5) is 0 Å². The zero-order valence-corrected chi connectivity index (χ0v) is 10.8. The minimum absolute atomic E-state index is 0.260. The van der Waals surface area contributed by atoms with Crippen molar-refractivity contribution in [2.24, 2.45) is 0 Å². The Hall–Kier alpha value is -1.81. The van der Waals surface area contributed by atoms with E-state index < -0.39 is 5.97 Å². The van der Waals surface area contributed by atoms with E-state index in [-0.39, 0.29) is 5.56 Å². The van der Waals surface area contributed by atoms with Crippen LogP contribution in [0.3, 0.4) is 0 Å². The van der Waals surface area contributed by atoms with Crippen molar-refractivity contribution in [2.75, 3.05) is 0 Å². The zero-order chi connectivity index (χ0) is 13.0. The SMILES string of the molecule is Cc1ccccc1CSc1ncccc1C(=O)O. The molecule has 0 atom stereocenters. The van der Waals surface area contributed by atoms with Gasteiger partial charge in [-0.15, -0.1) is 11.8 Å². The number of aromatic nitrogens is 1. The summed E-state index contributed by atoms with van der Waals surface area (Å²) in [7, 11) is 0. The number of carboxylic acids is 1. The average molecular weight is 259 g/mol. The van der Waals surface area contributed by atoms with Crippen LogP contribution in [0.1, 0.15) is 21.5 Å². The van der Waals surface area contributed by atoms with Gasteiger partial charge in [-0.1, -0.05) is 24.3 Å². The predicted octanol–water partition coefficient (Wildman–Crippen LogP) is 3.38. The minimum Gasteiger partial charge on any atom is -0.478 e. The molecule has 0 aliphatic rings. The van der Waals surface area contributed by atoms with Crippen molar-refractivity contribution in [3.05, 3.63) is 59.3 Å². The summed E-state index contributed by atoms with van der Waals surface area (Å²) in [5.41, 5.74) is 2.67. The van der Waals surface area contributed by atoms with E-state index in [4.69, 9.17) is 5.11 Å². The Bertz CT molecular complexity index is 569. The number of benzene rings is 1. The van der Waals surface area contributed by atoms with E-state index in [2.05, 4.69) is 4.98 Å². The van der Waals surface area contributed by atoms with Gasteiger partial charge in [0.15, 0.2) is 0 Å². The fraction of sp³-hybridized carbons (Fsp3) is 0.143. The second-order valence-corrected chi connectivity index (χ2v) is 4.84. The minimum atomic E-state index is -0.935. The Labute approximate surface area is 110 Å². The molecule has 0 spiro atoms. The predicted molar refractivity (Wildman–Crippen MR) is 71.9 cm³/mol. The van der Waals surface area contributed by atoms with Crippen LogP contribution < -0.4 is 0 Å². The van der Waals surface area contributed by atoms with E-state index in [1.807, 2.05) is 31.2 Å². The molecule has 1 heterocycles. The highest BCUT2D eigenvalue weighted by molar-refractivity contribution is 7.98. The maximum atomic E-state index is 11.0. The van der Waals surface area contributed by atoms with Crippen LogP contribution in [0.25, 0.3) is 0 Å². The topological polar surface area (TPSA) is 50.2 Å². The maximum Gasteiger partial charge on any atom is 0.338 e. The van der Waals surface area contributed by atoms with E-state index in [9.17, 15) is 4.79 Å². The Kier molecular flexibility index (Phi) is 3.99. The van der Waals surface area contributed by atoms with Gasteiger partial charge >= 0.3 is 5.97 Å². The number of rotatable bonds is 4. The molecule has 0 saturated heterocycles. The smallest absolute Gasteiger partial charge is 0.338 e. The Morgan fingerprint density at radius 3 is 2.78 bits per heavy atom. The summed E-state index contributed by atoms with van der Waals surface area (Å²) in [6.07, 6.45) is 1.62. The lowest BCUT2D eigenvalue weighted by atomic mass is 10.1. The molecule has 0 bridgehead atoms. The highest BCUT2D eigenvalue weighted by Crippen LogP contribution is 2.25. The fourth-order valence-corrected chi connectivity index (χ4v) is 2.65. The van der Waals surface area contributed by atoms with Crippen molar-refractivity contribution >= 4 is 17.7 Å². The summed E-state index contributed by atoms with van der Waals surface area (Å²) in [6, 6.07) is 11.3. The summed E-state index contributed by atoms with van der Waals surface area (Å²) in [5, 5.41) is 9.63. The van der Waals surface area contributed by atoms with Crippen molar-refractivity contribution in [3.63, 3.8) is 0 Å². The molecule has 2 rings (SSSR count). The van der Waals surface area contributed by atoms with Gasteiger partial charge in [-0.3, -0.25) is 0 Å². The Morgan fingerprint density at radius 1 is 1.28 bits per heavy atom. The summed E-state index contributed by atoms with van der Waals surface area (Å²) in [6.45, 7) is 2.05. The summed E-state index contributed by atoms with van der Waals surface area (Å²) in [4.78, 5) is 15.2. The number of carbonyl (C=O) groups is 1. The van der Waals surface area contributed by atoms with E-state index >= 15 is 0 Å². The van der Waals surface area contributed by atoms with Crippen molar-refractivity contribution in [3.8, 4) is 0 Å². The first-order valence-electron chi connectivity index (χ1n) is 5.54. The van der Waals surface area contributed by atoms with Gasteiger partial charge < -0.3 is 5.11 Å². The highest BCUT2D eigenvalue weighted by Gasteiger charge is 2.11. The number of thioether (sulfide) groups is 1. The molecule has 18 heavy (non-hydrogen) atoms. The lowest BCUT2D eigenvalue weighted by Crippen LogP contribution is -2.00. The second kappa shape index (κ2) is 5.69. The van der Waals surface area contributed by atoms with Crippen LogP contribution in [0.5, 0.6) is 0 Å². The van der Waals surface area contributed by atoms with Crippen molar-refractivity contribution in [1.29, 1.82) is 0 Å². The molecule has 4 heteroatoms. The third kappa shape index (κ3) is 2.90. The van der Waals surface area contributed by atoms with Gasteiger partial charge in [-0.05, 0) is 30.2 Å². The van der Waals surface area contributed by atoms with Gasteiger partial charge in [0.05, 0.1) is 5.56 Å². The molecule has 0 saturated carbocycles. The molecule has 0 amide bonds. The lowest BCUT2D eigenvalue weighted by molar-refractivity contribution is 0.0692. The first-order chi connectivity index (χ1) is 8.68. The quantitative estimate of drug-likeness (QED) is 0.855. The lowest BCUT2D eigenvalue weighted by Gasteiger charge is -2.06. The monoisotopic (exact) mass is 259 g/mol. The molecular weight excluding hydrogens is 246 g/mol. The second-order valence-electron chi connectivity index (χ2n) is 3.88. The van der Waals surface area contributed by atoms with Crippen molar-refractivity contribution in [2.45, 2.75) is 17.7 Å². The number of aromatic carboxylic acids is 1. The molecule has 2 aromatic rings. The van der Waals surface area contributed by atoms with E-state index in [1.165, 1.54) is 22.9 Å². The van der Waals surface area contributed by atoms with Crippen molar-refractivity contribution < 1.29 is 9.90 Å². The molecular formula is C14H13NO2S. The number of carboxylic acid groups (broad SMARTS) is 1. The Morgan fingerprint density at radius 2 is 2.06 bits per heavy atom. The molecule has 0 fully saturated rings. The van der Waals surface area contributed by atoms with Gasteiger partial charge in [0.25, 0.3) is 0 Å². The summed E-state index contributed by atoms with van der Waals surface area (Å²) < 4.78 is 0. The van der Waals surface area contributed by atoms with Crippen LogP contribution in [0, 0.1) is 6.92 Å². The summed E-state index contributed by atoms with van der Waals surface area (Å²) >= 11 is 1.45. The molecule has 0 unspecified atom stereocenters. The first kappa shape index (κ1) is 12.6. The van der Waals surface area contributed by atoms with Gasteiger partial charge in [-0.2, -0.15) is 0 Å². The zero-order valence-electron chi connectivity index (χ0n) is 9.96. The molecule has 1 N–H and O–H groups in total. The molecule has 0 aliphatic heterocycles. The molecule has 1 aromatic heterocycles. The number of pyridine rings is 1. The Balaban J connectivity index is 2.16. The van der Waals surface area contributed by atoms with Crippen LogP contribution in [-0.4, -0.2) is 16.1 Å². The number of hydrogen-bond acceptors (Lipinski definition) is 3. The number of hydrogen-bond donors (Lipinski definition) is 1. The van der Waals surface area contributed by atoms with Gasteiger partial charge in [0.1, 0.15) is 5.03 Å². The maximum absolute atomic E-state index is 11.0. The van der Waals surface area contributed by atoms with Crippen LogP contribution in [0.2, 0.25) is 0 Å². The molecule has 92 valence electrons.